The predicted octanol–water partition coefficient (Wildman–Crippen LogP) is 2.44. The Kier molecular flexibility index (Phi) is 8.55. The SMILES string of the molecule is CO[Si](C)(C)O[Si](C)(C)C.C[SiH2]C. The minimum Gasteiger partial charge on any atom is -0.436 e. The molecule has 0 saturated heterocycles. The van der Waals surface area contributed by atoms with E-state index in [0.29, 0.717) is 9.52 Å². The molecule has 0 bridgehead atoms. The van der Waals surface area contributed by atoms with Crippen LogP contribution in [-0.2, 0) is 8.54 Å². The lowest BCUT2D eigenvalue weighted by Gasteiger charge is -2.29. The van der Waals surface area contributed by atoms with E-state index in [-0.39, 0.29) is 0 Å². The van der Waals surface area contributed by atoms with Crippen LogP contribution in [-0.4, -0.2) is 33.5 Å². The summed E-state index contributed by atoms with van der Waals surface area (Å²) < 4.78 is 11.1. The zero-order chi connectivity index (χ0) is 11.1. The summed E-state index contributed by atoms with van der Waals surface area (Å²) in [4.78, 5) is 0. The van der Waals surface area contributed by atoms with Gasteiger partial charge in [-0.3, -0.25) is 0 Å². The summed E-state index contributed by atoms with van der Waals surface area (Å²) in [5.74, 6) is 0. The standard InChI is InChI=1S/C6H18O2Si2.C2H8Si/c1-7-10(5,6)8-9(2,3)4;1-3-2/h1-6H3;3H2,1-2H3. The number of hydrogen-bond donors (Lipinski definition) is 0. The van der Waals surface area contributed by atoms with Crippen molar-refractivity contribution in [3.8, 4) is 0 Å². The highest BCUT2D eigenvalue weighted by molar-refractivity contribution is 6.81. The summed E-state index contributed by atoms with van der Waals surface area (Å²) in [6.07, 6.45) is 0. The van der Waals surface area contributed by atoms with Gasteiger partial charge in [-0.05, 0) is 32.7 Å². The fourth-order valence-electron chi connectivity index (χ4n) is 0.779. The van der Waals surface area contributed by atoms with Crippen molar-refractivity contribution >= 4 is 26.4 Å². The van der Waals surface area contributed by atoms with E-state index in [2.05, 4.69) is 45.8 Å². The van der Waals surface area contributed by atoms with Crippen LogP contribution in [0.25, 0.3) is 0 Å². The van der Waals surface area contributed by atoms with E-state index in [4.69, 9.17) is 8.54 Å². The van der Waals surface area contributed by atoms with Gasteiger partial charge in [0, 0.05) is 16.6 Å². The molecule has 0 radical (unpaired) electrons. The molecule has 0 aliphatic rings. The maximum absolute atomic E-state index is 5.83. The van der Waals surface area contributed by atoms with E-state index in [1.807, 2.05) is 0 Å². The van der Waals surface area contributed by atoms with Crippen LogP contribution in [0.15, 0.2) is 0 Å². The minimum absolute atomic E-state index is 0.417. The second kappa shape index (κ2) is 6.94. The Bertz CT molecular complexity index is 121. The second-order valence-electron chi connectivity index (χ2n) is 4.53. The van der Waals surface area contributed by atoms with Crippen LogP contribution in [0.2, 0.25) is 45.8 Å². The van der Waals surface area contributed by atoms with Gasteiger partial charge in [0.25, 0.3) is 0 Å². The van der Waals surface area contributed by atoms with Gasteiger partial charge >= 0.3 is 8.56 Å². The highest BCUT2D eigenvalue weighted by atomic mass is 28.4. The quantitative estimate of drug-likeness (QED) is 0.703. The van der Waals surface area contributed by atoms with Crippen molar-refractivity contribution in [2.24, 2.45) is 0 Å². The highest BCUT2D eigenvalue weighted by Crippen LogP contribution is 2.13. The van der Waals surface area contributed by atoms with E-state index in [1.165, 1.54) is 0 Å². The molecular formula is C8H26O2Si3. The molecule has 0 heterocycles. The smallest absolute Gasteiger partial charge is 0.321 e. The molecule has 0 rings (SSSR count). The van der Waals surface area contributed by atoms with Gasteiger partial charge < -0.3 is 8.54 Å². The molecule has 0 unspecified atom stereocenters. The molecule has 0 aromatic rings. The van der Waals surface area contributed by atoms with E-state index in [0.717, 1.165) is 0 Å². The maximum Gasteiger partial charge on any atom is 0.321 e. The summed E-state index contributed by atoms with van der Waals surface area (Å²) >= 11 is 0. The molecule has 82 valence electrons. The van der Waals surface area contributed by atoms with Gasteiger partial charge in [-0.2, -0.15) is 0 Å². The average molecular weight is 239 g/mol. The lowest BCUT2D eigenvalue weighted by atomic mass is 11.8. The lowest BCUT2D eigenvalue weighted by Crippen LogP contribution is -2.43. The van der Waals surface area contributed by atoms with Gasteiger partial charge in [0.2, 0.25) is 0 Å². The second-order valence-corrected chi connectivity index (χ2v) is 14.2. The summed E-state index contributed by atoms with van der Waals surface area (Å²) in [6.45, 7) is 15.2. The first kappa shape index (κ1) is 16.0. The third-order valence-corrected chi connectivity index (χ3v) is 6.44. The van der Waals surface area contributed by atoms with Crippen molar-refractivity contribution in [3.63, 3.8) is 0 Å². The topological polar surface area (TPSA) is 18.5 Å². The van der Waals surface area contributed by atoms with E-state index < -0.39 is 16.9 Å². The molecule has 0 N–H and O–H groups in total. The predicted molar refractivity (Wildman–Crippen MR) is 69.2 cm³/mol. The molecule has 0 atom stereocenters. The Labute approximate surface area is 88.2 Å². The largest absolute Gasteiger partial charge is 0.436 e. The first-order valence-corrected chi connectivity index (χ1v) is 14.0. The fraction of sp³-hybridized carbons (Fsp3) is 1.00. The molecule has 0 aromatic carbocycles. The van der Waals surface area contributed by atoms with Crippen LogP contribution >= 0.6 is 0 Å². The van der Waals surface area contributed by atoms with Crippen molar-refractivity contribution < 1.29 is 8.54 Å². The van der Waals surface area contributed by atoms with Crippen LogP contribution in [0.4, 0.5) is 0 Å². The molecule has 0 aliphatic carbocycles. The fourth-order valence-corrected chi connectivity index (χ4v) is 7.01. The Balaban J connectivity index is 0. The molecular weight excluding hydrogens is 212 g/mol. The first-order valence-electron chi connectivity index (χ1n) is 4.93. The Morgan fingerprint density at radius 1 is 0.923 bits per heavy atom. The van der Waals surface area contributed by atoms with Gasteiger partial charge in [-0.25, -0.2) is 0 Å². The zero-order valence-corrected chi connectivity index (χ0v) is 13.9. The van der Waals surface area contributed by atoms with Crippen molar-refractivity contribution in [2.75, 3.05) is 7.11 Å². The molecule has 0 aromatic heterocycles. The number of hydrogen-bond acceptors (Lipinski definition) is 2. The van der Waals surface area contributed by atoms with Crippen molar-refractivity contribution in [2.45, 2.75) is 45.8 Å². The van der Waals surface area contributed by atoms with E-state index in [1.54, 1.807) is 7.11 Å². The Hall–Kier alpha value is 0.571. The van der Waals surface area contributed by atoms with Gasteiger partial charge in [0.1, 0.15) is 0 Å². The van der Waals surface area contributed by atoms with E-state index in [9.17, 15) is 0 Å². The van der Waals surface area contributed by atoms with Crippen LogP contribution < -0.4 is 0 Å². The van der Waals surface area contributed by atoms with Crippen LogP contribution in [0.5, 0.6) is 0 Å². The Morgan fingerprint density at radius 2 is 1.23 bits per heavy atom. The maximum atomic E-state index is 5.83. The third-order valence-electron chi connectivity index (χ3n) is 1.04. The lowest BCUT2D eigenvalue weighted by molar-refractivity contribution is 0.312. The summed E-state index contributed by atoms with van der Waals surface area (Å²) in [5.41, 5.74) is 0. The molecule has 5 heteroatoms. The van der Waals surface area contributed by atoms with Crippen LogP contribution in [0.1, 0.15) is 0 Å². The van der Waals surface area contributed by atoms with Gasteiger partial charge in [0.05, 0.1) is 0 Å². The van der Waals surface area contributed by atoms with Crippen molar-refractivity contribution in [3.05, 3.63) is 0 Å². The molecule has 0 spiro atoms. The minimum atomic E-state index is -1.75. The zero-order valence-electron chi connectivity index (χ0n) is 10.5. The van der Waals surface area contributed by atoms with Crippen molar-refractivity contribution in [1.29, 1.82) is 0 Å². The van der Waals surface area contributed by atoms with Gasteiger partial charge in [-0.1, -0.05) is 13.1 Å². The van der Waals surface area contributed by atoms with E-state index >= 15 is 0 Å². The molecule has 0 aliphatic heterocycles. The Morgan fingerprint density at radius 3 is 1.31 bits per heavy atom. The summed E-state index contributed by atoms with van der Waals surface area (Å²) in [7, 11) is -0.983. The average Bonchev–Trinajstić information content (AvgIpc) is 1.84. The summed E-state index contributed by atoms with van der Waals surface area (Å²) in [6, 6.07) is 0. The molecule has 13 heavy (non-hydrogen) atoms. The van der Waals surface area contributed by atoms with Gasteiger partial charge in [0.15, 0.2) is 8.32 Å². The first-order chi connectivity index (χ1) is 5.68. The molecule has 0 fully saturated rings. The van der Waals surface area contributed by atoms with Gasteiger partial charge in [-0.15, -0.1) is 0 Å². The van der Waals surface area contributed by atoms with Crippen LogP contribution in [0, 0.1) is 0 Å². The van der Waals surface area contributed by atoms with Crippen molar-refractivity contribution in [1.82, 2.24) is 0 Å². The number of rotatable bonds is 3. The monoisotopic (exact) mass is 238 g/mol. The molecule has 2 nitrogen and oxygen atoms in total. The van der Waals surface area contributed by atoms with Crippen LogP contribution in [0.3, 0.4) is 0 Å². The highest BCUT2D eigenvalue weighted by Gasteiger charge is 2.29. The third kappa shape index (κ3) is 15.3. The normalized spacial score (nSPS) is 12.0. The molecule has 0 saturated carbocycles. The summed E-state index contributed by atoms with van der Waals surface area (Å²) in [5, 5.41) is 0. The molecule has 0 amide bonds.